The molecule has 0 spiro atoms. The summed E-state index contributed by atoms with van der Waals surface area (Å²) in [4.78, 5) is 22.9. The first-order chi connectivity index (χ1) is 8.95. The summed E-state index contributed by atoms with van der Waals surface area (Å²) in [6, 6.07) is 0.278. The fraction of sp³-hybridized carbons (Fsp3) is 0.455. The van der Waals surface area contributed by atoms with Crippen LogP contribution in [0.2, 0.25) is 10.3 Å². The Bertz CT molecular complexity index is 482. The third-order valence-corrected chi connectivity index (χ3v) is 2.88. The van der Waals surface area contributed by atoms with Crippen LogP contribution in [0.25, 0.3) is 0 Å². The first kappa shape index (κ1) is 15.7. The van der Waals surface area contributed by atoms with Crippen molar-refractivity contribution >= 4 is 35.1 Å². The van der Waals surface area contributed by atoms with Gasteiger partial charge in [0.15, 0.2) is 10.3 Å². The Morgan fingerprint density at radius 1 is 1.42 bits per heavy atom. The molecule has 0 aliphatic rings. The van der Waals surface area contributed by atoms with E-state index in [1.165, 1.54) is 6.07 Å². The Morgan fingerprint density at radius 2 is 2.11 bits per heavy atom. The number of rotatable bonds is 6. The molecule has 1 rings (SSSR count). The highest BCUT2D eigenvalue weighted by molar-refractivity contribution is 6.34. The Balaban J connectivity index is 2.81. The second-order valence-corrected chi connectivity index (χ2v) is 4.62. The van der Waals surface area contributed by atoms with Crippen molar-refractivity contribution in [3.8, 4) is 0 Å². The van der Waals surface area contributed by atoms with E-state index in [-0.39, 0.29) is 15.9 Å². The van der Waals surface area contributed by atoms with E-state index in [4.69, 9.17) is 28.3 Å². The van der Waals surface area contributed by atoms with Gasteiger partial charge in [-0.25, -0.2) is 4.79 Å². The first-order valence-electron chi connectivity index (χ1n) is 5.68. The van der Waals surface area contributed by atoms with Gasteiger partial charge in [-0.05, 0) is 12.5 Å². The zero-order chi connectivity index (χ0) is 14.4. The average Bonchev–Trinajstić information content (AvgIpc) is 2.36. The molecule has 1 aromatic rings. The van der Waals surface area contributed by atoms with Gasteiger partial charge in [0, 0.05) is 0 Å². The van der Waals surface area contributed by atoms with E-state index in [0.717, 1.165) is 6.42 Å². The van der Waals surface area contributed by atoms with Gasteiger partial charge in [0.2, 0.25) is 0 Å². The predicted molar refractivity (Wildman–Crippen MR) is 70.5 cm³/mol. The number of carboxylic acid groups (broad SMARTS) is 1. The number of carbonyl (C=O) groups is 2. The number of hydrogen-bond donors (Lipinski definition) is 2. The number of carbonyl (C=O) groups excluding carboxylic acids is 1. The number of aliphatic carboxylic acids is 1. The maximum atomic E-state index is 11.9. The largest absolute Gasteiger partial charge is 0.480 e. The van der Waals surface area contributed by atoms with Crippen molar-refractivity contribution in [1.82, 2.24) is 15.5 Å². The Hall–Kier alpha value is -1.40. The predicted octanol–water partition coefficient (Wildman–Crippen LogP) is 2.16. The number of hydrogen-bond acceptors (Lipinski definition) is 4. The van der Waals surface area contributed by atoms with Crippen molar-refractivity contribution in [1.29, 1.82) is 0 Å². The molecule has 19 heavy (non-hydrogen) atoms. The molecule has 0 aliphatic heterocycles. The van der Waals surface area contributed by atoms with Gasteiger partial charge >= 0.3 is 5.97 Å². The van der Waals surface area contributed by atoms with Gasteiger partial charge in [0.05, 0.1) is 5.56 Å². The number of nitrogens with one attached hydrogen (secondary N) is 1. The topological polar surface area (TPSA) is 92.2 Å². The van der Waals surface area contributed by atoms with Gasteiger partial charge in [0.25, 0.3) is 5.91 Å². The summed E-state index contributed by atoms with van der Waals surface area (Å²) in [6.07, 6.45) is 1.88. The molecule has 8 heteroatoms. The summed E-state index contributed by atoms with van der Waals surface area (Å²) in [5.74, 6) is -1.73. The average molecular weight is 306 g/mol. The lowest BCUT2D eigenvalue weighted by molar-refractivity contribution is -0.139. The number of halogens is 2. The minimum Gasteiger partial charge on any atom is -0.480 e. The number of nitrogens with zero attached hydrogens (tertiary/aromatic N) is 2. The lowest BCUT2D eigenvalue weighted by Crippen LogP contribution is -2.40. The van der Waals surface area contributed by atoms with E-state index in [1.807, 2.05) is 6.92 Å². The molecule has 1 heterocycles. The molecule has 0 fully saturated rings. The zero-order valence-corrected chi connectivity index (χ0v) is 11.7. The Morgan fingerprint density at radius 3 is 2.68 bits per heavy atom. The number of unbranched alkanes of at least 4 members (excludes halogenated alkanes) is 1. The fourth-order valence-corrected chi connectivity index (χ4v) is 1.74. The van der Waals surface area contributed by atoms with Crippen molar-refractivity contribution < 1.29 is 14.7 Å². The summed E-state index contributed by atoms with van der Waals surface area (Å²) in [5, 5.41) is 18.3. The highest BCUT2D eigenvalue weighted by atomic mass is 35.5. The summed E-state index contributed by atoms with van der Waals surface area (Å²) in [5.41, 5.74) is 0.00409. The summed E-state index contributed by atoms with van der Waals surface area (Å²) in [7, 11) is 0. The van der Waals surface area contributed by atoms with Crippen LogP contribution in [-0.2, 0) is 4.79 Å². The molecular weight excluding hydrogens is 293 g/mol. The van der Waals surface area contributed by atoms with Crippen LogP contribution >= 0.6 is 23.2 Å². The summed E-state index contributed by atoms with van der Waals surface area (Å²) < 4.78 is 0. The summed E-state index contributed by atoms with van der Waals surface area (Å²) >= 11 is 11.3. The highest BCUT2D eigenvalue weighted by Gasteiger charge is 2.22. The standard InChI is InChI=1S/C11H13Cl2N3O3/c1-2-3-4-7(11(18)19)14-10(17)6-5-8(12)15-16-9(6)13/h5,7H,2-4H2,1H3,(H,14,17)(H,18,19)/t7-/m0/s1. The van der Waals surface area contributed by atoms with Crippen LogP contribution < -0.4 is 5.32 Å². The number of carboxylic acids is 1. The molecule has 0 radical (unpaired) electrons. The highest BCUT2D eigenvalue weighted by Crippen LogP contribution is 2.15. The monoisotopic (exact) mass is 305 g/mol. The van der Waals surface area contributed by atoms with Crippen LogP contribution in [0, 0.1) is 0 Å². The molecule has 0 bridgehead atoms. The van der Waals surface area contributed by atoms with E-state index in [9.17, 15) is 9.59 Å². The smallest absolute Gasteiger partial charge is 0.326 e. The van der Waals surface area contributed by atoms with Gasteiger partial charge in [-0.1, -0.05) is 43.0 Å². The molecule has 0 saturated heterocycles. The molecule has 0 aliphatic carbocycles. The van der Waals surface area contributed by atoms with Crippen LogP contribution in [0.3, 0.4) is 0 Å². The molecule has 1 atom stereocenters. The van der Waals surface area contributed by atoms with Gasteiger partial charge in [-0.3, -0.25) is 4.79 Å². The molecule has 104 valence electrons. The molecular formula is C11H13Cl2N3O3. The van der Waals surface area contributed by atoms with Gasteiger partial charge in [-0.15, -0.1) is 10.2 Å². The van der Waals surface area contributed by atoms with E-state index in [2.05, 4.69) is 15.5 Å². The van der Waals surface area contributed by atoms with Crippen LogP contribution in [0.4, 0.5) is 0 Å². The quantitative estimate of drug-likeness (QED) is 0.840. The van der Waals surface area contributed by atoms with E-state index in [0.29, 0.717) is 12.8 Å². The lowest BCUT2D eigenvalue weighted by atomic mass is 10.1. The van der Waals surface area contributed by atoms with Gasteiger partial charge in [0.1, 0.15) is 6.04 Å². The molecule has 0 saturated carbocycles. The molecule has 6 nitrogen and oxygen atoms in total. The minimum atomic E-state index is -1.09. The van der Waals surface area contributed by atoms with Crippen molar-refractivity contribution in [3.05, 3.63) is 21.9 Å². The lowest BCUT2D eigenvalue weighted by Gasteiger charge is -2.14. The zero-order valence-electron chi connectivity index (χ0n) is 10.2. The molecule has 2 N–H and O–H groups in total. The maximum Gasteiger partial charge on any atom is 0.326 e. The third kappa shape index (κ3) is 4.65. The van der Waals surface area contributed by atoms with Crippen molar-refractivity contribution in [3.63, 3.8) is 0 Å². The SMILES string of the molecule is CCCC[C@H](NC(=O)c1cc(Cl)nnc1Cl)C(=O)O. The molecule has 0 aromatic carbocycles. The minimum absolute atomic E-state index is 0.00409. The molecule has 1 amide bonds. The maximum absolute atomic E-state index is 11.9. The van der Waals surface area contributed by atoms with Crippen LogP contribution in [0.15, 0.2) is 6.07 Å². The van der Waals surface area contributed by atoms with Crippen LogP contribution in [0.5, 0.6) is 0 Å². The van der Waals surface area contributed by atoms with E-state index < -0.39 is 17.9 Å². The Kier molecular flexibility index (Phi) is 5.98. The van der Waals surface area contributed by atoms with Crippen LogP contribution in [-0.4, -0.2) is 33.2 Å². The van der Waals surface area contributed by atoms with Gasteiger partial charge in [-0.2, -0.15) is 0 Å². The van der Waals surface area contributed by atoms with Crippen molar-refractivity contribution in [2.45, 2.75) is 32.2 Å². The normalized spacial score (nSPS) is 11.9. The molecule has 1 aromatic heterocycles. The first-order valence-corrected chi connectivity index (χ1v) is 6.43. The third-order valence-electron chi connectivity index (χ3n) is 2.41. The van der Waals surface area contributed by atoms with E-state index >= 15 is 0 Å². The molecule has 0 unspecified atom stereocenters. The van der Waals surface area contributed by atoms with Crippen molar-refractivity contribution in [2.24, 2.45) is 0 Å². The second-order valence-electron chi connectivity index (χ2n) is 3.88. The van der Waals surface area contributed by atoms with Crippen molar-refractivity contribution in [2.75, 3.05) is 0 Å². The van der Waals surface area contributed by atoms with E-state index in [1.54, 1.807) is 0 Å². The van der Waals surface area contributed by atoms with Crippen LogP contribution in [0.1, 0.15) is 36.5 Å². The van der Waals surface area contributed by atoms with Gasteiger partial charge < -0.3 is 10.4 Å². The second kappa shape index (κ2) is 7.25. The number of aromatic nitrogens is 2. The Labute approximate surface area is 120 Å². The fourth-order valence-electron chi connectivity index (χ4n) is 1.41. The summed E-state index contributed by atoms with van der Waals surface area (Å²) in [6.45, 7) is 1.93. The number of amides is 1.